The van der Waals surface area contributed by atoms with E-state index in [1.807, 2.05) is 18.7 Å². The molecule has 1 aromatic heterocycles. The minimum absolute atomic E-state index is 0.178. The third kappa shape index (κ3) is 3.15. The Kier molecular flexibility index (Phi) is 4.24. The van der Waals surface area contributed by atoms with Crippen LogP contribution in [0, 0.1) is 19.8 Å². The highest BCUT2D eigenvalue weighted by molar-refractivity contribution is 5.70. The van der Waals surface area contributed by atoms with Gasteiger partial charge in [0, 0.05) is 30.9 Å². The van der Waals surface area contributed by atoms with E-state index < -0.39 is 5.97 Å². The number of carbonyl (C=O) groups is 1. The molecule has 0 aromatic carbocycles. The summed E-state index contributed by atoms with van der Waals surface area (Å²) < 4.78 is 1.90. The summed E-state index contributed by atoms with van der Waals surface area (Å²) in [5.41, 5.74) is 3.47. The maximum Gasteiger partial charge on any atom is 0.306 e. The molecule has 1 saturated carbocycles. The predicted molar refractivity (Wildman–Crippen MR) is 72.9 cm³/mol. The van der Waals surface area contributed by atoms with Crippen molar-refractivity contribution in [3.63, 3.8) is 0 Å². The Labute approximate surface area is 114 Å². The van der Waals surface area contributed by atoms with Gasteiger partial charge in [-0.3, -0.25) is 9.48 Å². The Morgan fingerprint density at radius 1 is 1.47 bits per heavy atom. The van der Waals surface area contributed by atoms with Crippen molar-refractivity contribution in [2.24, 2.45) is 13.0 Å². The van der Waals surface area contributed by atoms with Gasteiger partial charge >= 0.3 is 5.97 Å². The van der Waals surface area contributed by atoms with E-state index in [1.165, 1.54) is 11.3 Å². The molecule has 0 saturated heterocycles. The molecule has 2 atom stereocenters. The highest BCUT2D eigenvalue weighted by Gasteiger charge is 2.26. The smallest absolute Gasteiger partial charge is 0.306 e. The van der Waals surface area contributed by atoms with Gasteiger partial charge in [0.1, 0.15) is 0 Å². The van der Waals surface area contributed by atoms with Crippen LogP contribution in [0.25, 0.3) is 0 Å². The maximum atomic E-state index is 11.0. The van der Waals surface area contributed by atoms with Gasteiger partial charge in [0.05, 0.1) is 11.6 Å². The van der Waals surface area contributed by atoms with Gasteiger partial charge in [-0.25, -0.2) is 0 Å². The lowest BCUT2D eigenvalue weighted by Gasteiger charge is -2.27. The molecule has 2 N–H and O–H groups in total. The standard InChI is InChI=1S/C14H23N3O2/c1-9-13(10(2)17(3)16-9)8-15-12-6-4-5-11(7-12)14(18)19/h11-12,15H,4-8H2,1-3H3,(H,18,19). The third-order valence-electron chi connectivity index (χ3n) is 4.25. The summed E-state index contributed by atoms with van der Waals surface area (Å²) in [6, 6.07) is 0.314. The molecule has 2 rings (SSSR count). The molecular weight excluding hydrogens is 242 g/mol. The number of rotatable bonds is 4. The zero-order valence-electron chi connectivity index (χ0n) is 11.9. The molecule has 1 aromatic rings. The van der Waals surface area contributed by atoms with Crippen molar-refractivity contribution in [3.05, 3.63) is 17.0 Å². The summed E-state index contributed by atoms with van der Waals surface area (Å²) in [4.78, 5) is 11.0. The van der Waals surface area contributed by atoms with Crippen LogP contribution in [0.15, 0.2) is 0 Å². The van der Waals surface area contributed by atoms with E-state index in [2.05, 4.69) is 17.3 Å². The van der Waals surface area contributed by atoms with Crippen LogP contribution >= 0.6 is 0 Å². The Morgan fingerprint density at radius 3 is 2.79 bits per heavy atom. The molecular formula is C14H23N3O2. The third-order valence-corrected chi connectivity index (χ3v) is 4.25. The molecule has 0 amide bonds. The number of aliphatic carboxylic acids is 1. The van der Waals surface area contributed by atoms with Gasteiger partial charge in [0.15, 0.2) is 0 Å². The van der Waals surface area contributed by atoms with Crippen molar-refractivity contribution >= 4 is 5.97 Å². The normalized spacial score (nSPS) is 23.5. The van der Waals surface area contributed by atoms with Crippen molar-refractivity contribution in [1.82, 2.24) is 15.1 Å². The van der Waals surface area contributed by atoms with Crippen molar-refractivity contribution < 1.29 is 9.90 Å². The molecule has 0 bridgehead atoms. The fourth-order valence-corrected chi connectivity index (χ4v) is 2.92. The average Bonchev–Trinajstić information content (AvgIpc) is 2.61. The minimum atomic E-state index is -0.653. The molecule has 5 nitrogen and oxygen atoms in total. The number of carboxylic acids is 1. The zero-order chi connectivity index (χ0) is 14.0. The molecule has 19 heavy (non-hydrogen) atoms. The first-order valence-electron chi connectivity index (χ1n) is 6.94. The first kappa shape index (κ1) is 14.1. The second kappa shape index (κ2) is 5.74. The van der Waals surface area contributed by atoms with Crippen molar-refractivity contribution in [1.29, 1.82) is 0 Å². The van der Waals surface area contributed by atoms with E-state index >= 15 is 0 Å². The summed E-state index contributed by atoms with van der Waals surface area (Å²) in [6.45, 7) is 4.87. The Morgan fingerprint density at radius 2 is 2.21 bits per heavy atom. The summed E-state index contributed by atoms with van der Waals surface area (Å²) in [7, 11) is 1.95. The fraction of sp³-hybridized carbons (Fsp3) is 0.714. The van der Waals surface area contributed by atoms with Crippen LogP contribution in [0.4, 0.5) is 0 Å². The lowest BCUT2D eigenvalue weighted by Crippen LogP contribution is -2.36. The van der Waals surface area contributed by atoms with Crippen LogP contribution in [0.5, 0.6) is 0 Å². The molecule has 2 unspecified atom stereocenters. The van der Waals surface area contributed by atoms with Gasteiger partial charge in [-0.1, -0.05) is 6.42 Å². The van der Waals surface area contributed by atoms with Crippen LogP contribution in [-0.4, -0.2) is 26.9 Å². The van der Waals surface area contributed by atoms with Gasteiger partial charge in [0.2, 0.25) is 0 Å². The number of nitrogens with one attached hydrogen (secondary N) is 1. The quantitative estimate of drug-likeness (QED) is 0.870. The summed E-state index contributed by atoms with van der Waals surface area (Å²) >= 11 is 0. The van der Waals surface area contributed by atoms with Gasteiger partial charge in [-0.15, -0.1) is 0 Å². The number of aryl methyl sites for hydroxylation is 2. The van der Waals surface area contributed by atoms with Crippen LogP contribution in [-0.2, 0) is 18.4 Å². The molecule has 0 radical (unpaired) electrons. The van der Waals surface area contributed by atoms with Crippen LogP contribution < -0.4 is 5.32 Å². The van der Waals surface area contributed by atoms with E-state index in [0.29, 0.717) is 6.04 Å². The summed E-state index contributed by atoms with van der Waals surface area (Å²) in [5.74, 6) is -0.831. The average molecular weight is 265 g/mol. The van der Waals surface area contributed by atoms with Crippen molar-refractivity contribution in [2.75, 3.05) is 0 Å². The lowest BCUT2D eigenvalue weighted by molar-refractivity contribution is -0.143. The maximum absolute atomic E-state index is 11.0. The highest BCUT2D eigenvalue weighted by atomic mass is 16.4. The monoisotopic (exact) mass is 265 g/mol. The largest absolute Gasteiger partial charge is 0.481 e. The van der Waals surface area contributed by atoms with E-state index in [-0.39, 0.29) is 5.92 Å². The molecule has 1 fully saturated rings. The van der Waals surface area contributed by atoms with Crippen molar-refractivity contribution in [2.45, 2.75) is 52.1 Å². The second-order valence-electron chi connectivity index (χ2n) is 5.55. The molecule has 1 heterocycles. The topological polar surface area (TPSA) is 67.2 Å². The van der Waals surface area contributed by atoms with Crippen LogP contribution in [0.1, 0.15) is 42.6 Å². The van der Waals surface area contributed by atoms with Crippen molar-refractivity contribution in [3.8, 4) is 0 Å². The second-order valence-corrected chi connectivity index (χ2v) is 5.55. The van der Waals surface area contributed by atoms with E-state index in [1.54, 1.807) is 0 Å². The van der Waals surface area contributed by atoms with E-state index in [4.69, 9.17) is 5.11 Å². The van der Waals surface area contributed by atoms with Gasteiger partial charge in [-0.2, -0.15) is 5.10 Å². The molecule has 106 valence electrons. The van der Waals surface area contributed by atoms with Crippen LogP contribution in [0.3, 0.4) is 0 Å². The molecule has 1 aliphatic rings. The number of nitrogens with zero attached hydrogens (tertiary/aromatic N) is 2. The fourth-order valence-electron chi connectivity index (χ4n) is 2.92. The summed E-state index contributed by atoms with van der Waals surface area (Å²) in [6.07, 6.45) is 3.63. The Bertz CT molecular complexity index is 468. The first-order valence-corrected chi connectivity index (χ1v) is 6.94. The number of hydrogen-bond donors (Lipinski definition) is 2. The molecule has 5 heteroatoms. The lowest BCUT2D eigenvalue weighted by atomic mass is 9.85. The zero-order valence-corrected chi connectivity index (χ0v) is 11.9. The predicted octanol–water partition coefficient (Wildman–Crippen LogP) is 1.77. The van der Waals surface area contributed by atoms with E-state index in [9.17, 15) is 4.79 Å². The Balaban J connectivity index is 1.93. The SMILES string of the molecule is Cc1nn(C)c(C)c1CNC1CCCC(C(=O)O)C1. The molecule has 1 aliphatic carbocycles. The molecule has 0 spiro atoms. The van der Waals surface area contributed by atoms with Gasteiger partial charge < -0.3 is 10.4 Å². The molecule has 0 aliphatic heterocycles. The minimum Gasteiger partial charge on any atom is -0.481 e. The number of aromatic nitrogens is 2. The van der Waals surface area contributed by atoms with Gasteiger partial charge in [0.25, 0.3) is 0 Å². The van der Waals surface area contributed by atoms with Crippen LogP contribution in [0.2, 0.25) is 0 Å². The van der Waals surface area contributed by atoms with E-state index in [0.717, 1.165) is 37.9 Å². The number of carboxylic acid groups (broad SMARTS) is 1. The highest BCUT2D eigenvalue weighted by Crippen LogP contribution is 2.25. The first-order chi connectivity index (χ1) is 8.99. The van der Waals surface area contributed by atoms with Gasteiger partial charge in [-0.05, 0) is 33.1 Å². The summed E-state index contributed by atoms with van der Waals surface area (Å²) in [5, 5.41) is 17.0. The number of hydrogen-bond acceptors (Lipinski definition) is 3. The Hall–Kier alpha value is -1.36.